The lowest BCUT2D eigenvalue weighted by molar-refractivity contribution is -0.129. The summed E-state index contributed by atoms with van der Waals surface area (Å²) in [5.41, 5.74) is 2.97. The third-order valence-electron chi connectivity index (χ3n) is 3.64. The Morgan fingerprint density at radius 3 is 2.54 bits per heavy atom. The highest BCUT2D eigenvalue weighted by Gasteiger charge is 2.24. The minimum Gasteiger partial charge on any atom is -0.492 e. The molecule has 1 heterocycles. The molecule has 0 atom stereocenters. The van der Waals surface area contributed by atoms with E-state index in [0.29, 0.717) is 12.5 Å². The second kappa shape index (κ2) is 8.22. The lowest BCUT2D eigenvalue weighted by atomic mass is 10.1. The van der Waals surface area contributed by atoms with Gasteiger partial charge < -0.3 is 9.47 Å². The van der Waals surface area contributed by atoms with Gasteiger partial charge in [-0.25, -0.2) is 9.79 Å². The molecule has 0 unspecified atom stereocenters. The minimum atomic E-state index is -0.461. The molecule has 2 aromatic carbocycles. The van der Waals surface area contributed by atoms with Gasteiger partial charge in [-0.05, 0) is 116 Å². The number of esters is 1. The Hall–Kier alpha value is -1.19. The number of hydrogen-bond donors (Lipinski definition) is 0. The molecule has 0 saturated carbocycles. The molecule has 0 bridgehead atoms. The quantitative estimate of drug-likeness (QED) is 0.254. The Morgan fingerprint density at radius 2 is 1.92 bits per heavy atom. The molecule has 0 radical (unpaired) electrons. The van der Waals surface area contributed by atoms with Crippen LogP contribution in [0.1, 0.15) is 23.6 Å². The van der Waals surface area contributed by atoms with Gasteiger partial charge in [0.2, 0.25) is 5.90 Å². The lowest BCUT2D eigenvalue weighted by Gasteiger charge is -2.09. The molecule has 0 spiro atoms. The molecule has 1 aliphatic rings. The smallest absolute Gasteiger partial charge is 0.363 e. The van der Waals surface area contributed by atoms with Gasteiger partial charge in [-0.15, -0.1) is 0 Å². The number of aryl methyl sites for hydroxylation is 1. The Morgan fingerprint density at radius 1 is 1.23 bits per heavy atom. The van der Waals surface area contributed by atoms with Crippen LogP contribution in [0.25, 0.3) is 6.08 Å². The predicted octanol–water partition coefficient (Wildman–Crippen LogP) is 5.87. The summed E-state index contributed by atoms with van der Waals surface area (Å²) in [6.07, 6.45) is 1.69. The van der Waals surface area contributed by atoms with Crippen LogP contribution in [0.15, 0.2) is 50.0 Å². The van der Waals surface area contributed by atoms with Crippen LogP contribution in [0, 0.1) is 10.5 Å². The van der Waals surface area contributed by atoms with Gasteiger partial charge in [-0.3, -0.25) is 0 Å². The summed E-state index contributed by atoms with van der Waals surface area (Å²) in [7, 11) is 0. The van der Waals surface area contributed by atoms with Gasteiger partial charge in [-0.1, -0.05) is 0 Å². The number of nitrogens with zero attached hydrogens (tertiary/aromatic N) is 1. The van der Waals surface area contributed by atoms with Crippen LogP contribution in [0.3, 0.4) is 0 Å². The standard InChI is InChI=1S/C19H14Br2INO3/c1-3-25-17-13(20)7-11(8-14(17)21)9-16-19(24)26-18(23-16)12-4-5-15(22)10(2)6-12/h4-9H,3H2,1-2H3/b16-9-. The van der Waals surface area contributed by atoms with Gasteiger partial charge in [0.15, 0.2) is 5.70 Å². The molecule has 1 aliphatic heterocycles. The van der Waals surface area contributed by atoms with E-state index in [1.807, 2.05) is 44.2 Å². The van der Waals surface area contributed by atoms with Crippen molar-refractivity contribution in [1.82, 2.24) is 0 Å². The number of carbonyl (C=O) groups is 1. The number of benzene rings is 2. The van der Waals surface area contributed by atoms with Crippen LogP contribution in [0.5, 0.6) is 5.75 Å². The Bertz CT molecular complexity index is 931. The molecule has 26 heavy (non-hydrogen) atoms. The van der Waals surface area contributed by atoms with E-state index in [4.69, 9.17) is 9.47 Å². The maximum absolute atomic E-state index is 12.2. The zero-order chi connectivity index (χ0) is 18.8. The zero-order valence-electron chi connectivity index (χ0n) is 14.0. The SMILES string of the molecule is CCOc1c(Br)cc(/C=C2\N=C(c3ccc(I)c(C)c3)OC2=O)cc1Br. The van der Waals surface area contributed by atoms with Crippen molar-refractivity contribution in [2.24, 2.45) is 4.99 Å². The summed E-state index contributed by atoms with van der Waals surface area (Å²) in [6.45, 7) is 4.49. The monoisotopic (exact) mass is 589 g/mol. The average Bonchev–Trinajstić information content (AvgIpc) is 2.94. The number of hydrogen-bond acceptors (Lipinski definition) is 4. The van der Waals surface area contributed by atoms with E-state index in [0.717, 1.165) is 35.0 Å². The van der Waals surface area contributed by atoms with Crippen molar-refractivity contribution < 1.29 is 14.3 Å². The minimum absolute atomic E-state index is 0.263. The molecule has 0 saturated heterocycles. The molecule has 0 fully saturated rings. The predicted molar refractivity (Wildman–Crippen MR) is 118 cm³/mol. The van der Waals surface area contributed by atoms with Crippen LogP contribution in [0.4, 0.5) is 0 Å². The first-order valence-corrected chi connectivity index (χ1v) is 10.5. The third-order valence-corrected chi connectivity index (χ3v) is 6.03. The van der Waals surface area contributed by atoms with Crippen molar-refractivity contribution in [2.45, 2.75) is 13.8 Å². The summed E-state index contributed by atoms with van der Waals surface area (Å²) >= 11 is 9.24. The second-order valence-corrected chi connectivity index (χ2v) is 8.42. The normalized spacial score (nSPS) is 15.2. The molecule has 4 nitrogen and oxygen atoms in total. The molecule has 0 N–H and O–H groups in total. The van der Waals surface area contributed by atoms with E-state index < -0.39 is 5.97 Å². The van der Waals surface area contributed by atoms with E-state index in [-0.39, 0.29) is 5.70 Å². The summed E-state index contributed by atoms with van der Waals surface area (Å²) < 4.78 is 13.7. The fourth-order valence-electron chi connectivity index (χ4n) is 2.41. The molecule has 0 aromatic heterocycles. The Kier molecular flexibility index (Phi) is 6.19. The maximum atomic E-state index is 12.2. The fraction of sp³-hybridized carbons (Fsp3) is 0.158. The van der Waals surface area contributed by atoms with Crippen molar-refractivity contribution in [1.29, 1.82) is 0 Å². The van der Waals surface area contributed by atoms with Crippen LogP contribution in [-0.4, -0.2) is 18.5 Å². The number of aliphatic imine (C=N–C) groups is 1. The summed E-state index contributed by atoms with van der Waals surface area (Å²) in [4.78, 5) is 16.6. The van der Waals surface area contributed by atoms with E-state index in [9.17, 15) is 4.79 Å². The van der Waals surface area contributed by atoms with Crippen LogP contribution in [0.2, 0.25) is 0 Å². The number of ether oxygens (including phenoxy) is 2. The lowest BCUT2D eigenvalue weighted by Crippen LogP contribution is -2.05. The first-order valence-electron chi connectivity index (χ1n) is 7.80. The Balaban J connectivity index is 1.95. The van der Waals surface area contributed by atoms with Gasteiger partial charge in [0, 0.05) is 9.13 Å². The van der Waals surface area contributed by atoms with Crippen molar-refractivity contribution in [3.8, 4) is 5.75 Å². The second-order valence-electron chi connectivity index (χ2n) is 5.55. The molecule has 3 rings (SSSR count). The number of carbonyl (C=O) groups excluding carboxylic acids is 1. The van der Waals surface area contributed by atoms with E-state index in [1.165, 1.54) is 0 Å². The first kappa shape index (κ1) is 19.6. The average molecular weight is 591 g/mol. The molecule has 134 valence electrons. The number of cyclic esters (lactones) is 1. The van der Waals surface area contributed by atoms with Crippen molar-refractivity contribution in [3.05, 3.63) is 65.2 Å². The van der Waals surface area contributed by atoms with Gasteiger partial charge >= 0.3 is 5.97 Å². The molecule has 7 heteroatoms. The molecule has 0 amide bonds. The zero-order valence-corrected chi connectivity index (χ0v) is 19.3. The number of rotatable bonds is 4. The highest BCUT2D eigenvalue weighted by molar-refractivity contribution is 14.1. The molecular weight excluding hydrogens is 577 g/mol. The van der Waals surface area contributed by atoms with Crippen LogP contribution in [-0.2, 0) is 9.53 Å². The molecule has 2 aromatic rings. The summed E-state index contributed by atoms with van der Waals surface area (Å²) in [5.74, 6) is 0.587. The van der Waals surface area contributed by atoms with E-state index >= 15 is 0 Å². The third kappa shape index (κ3) is 4.20. The van der Waals surface area contributed by atoms with Crippen LogP contribution >= 0.6 is 54.5 Å². The van der Waals surface area contributed by atoms with Crippen molar-refractivity contribution in [2.75, 3.05) is 6.61 Å². The van der Waals surface area contributed by atoms with E-state index in [2.05, 4.69) is 59.4 Å². The summed E-state index contributed by atoms with van der Waals surface area (Å²) in [6, 6.07) is 9.58. The number of halogens is 3. The summed E-state index contributed by atoms with van der Waals surface area (Å²) in [5, 5.41) is 0. The fourth-order valence-corrected chi connectivity index (χ4v) is 4.20. The Labute approximate surface area is 182 Å². The topological polar surface area (TPSA) is 47.9 Å². The van der Waals surface area contributed by atoms with Gasteiger partial charge in [0.25, 0.3) is 0 Å². The van der Waals surface area contributed by atoms with Gasteiger partial charge in [0.1, 0.15) is 5.75 Å². The molecular formula is C19H14Br2INO3. The van der Waals surface area contributed by atoms with E-state index in [1.54, 1.807) is 6.08 Å². The highest BCUT2D eigenvalue weighted by atomic mass is 127. The highest BCUT2D eigenvalue weighted by Crippen LogP contribution is 2.35. The van der Waals surface area contributed by atoms with Gasteiger partial charge in [-0.2, -0.15) is 0 Å². The molecule has 0 aliphatic carbocycles. The van der Waals surface area contributed by atoms with Crippen LogP contribution < -0.4 is 4.74 Å². The maximum Gasteiger partial charge on any atom is 0.363 e. The van der Waals surface area contributed by atoms with Crippen molar-refractivity contribution >= 4 is 72.4 Å². The first-order chi connectivity index (χ1) is 12.4. The van der Waals surface area contributed by atoms with Gasteiger partial charge in [0.05, 0.1) is 15.6 Å². The largest absolute Gasteiger partial charge is 0.492 e. The van der Waals surface area contributed by atoms with Crippen molar-refractivity contribution in [3.63, 3.8) is 0 Å².